The van der Waals surface area contributed by atoms with Gasteiger partial charge in [-0.2, -0.15) is 0 Å². The summed E-state index contributed by atoms with van der Waals surface area (Å²) >= 11 is 0. The number of fused-ring (bicyclic) bond motifs is 1. The molecule has 0 saturated carbocycles. The van der Waals surface area contributed by atoms with Gasteiger partial charge in [0.15, 0.2) is 0 Å². The Morgan fingerprint density at radius 1 is 1.30 bits per heavy atom. The zero-order valence-electron chi connectivity index (χ0n) is 13.5. The monoisotopic (exact) mass is 317 g/mol. The van der Waals surface area contributed by atoms with E-state index in [1.807, 2.05) is 30.5 Å². The van der Waals surface area contributed by atoms with Crippen LogP contribution >= 0.6 is 0 Å². The van der Waals surface area contributed by atoms with Crippen LogP contribution in [0.4, 0.5) is 4.79 Å². The van der Waals surface area contributed by atoms with Crippen molar-refractivity contribution in [2.45, 2.75) is 45.3 Å². The molecule has 1 amide bonds. The predicted octanol–water partition coefficient (Wildman–Crippen LogP) is 1.74. The second-order valence-corrected chi connectivity index (χ2v) is 6.48. The molecule has 1 aromatic heterocycles. The maximum absolute atomic E-state index is 11.9. The number of rotatable bonds is 5. The topological polar surface area (TPSA) is 94.2 Å². The van der Waals surface area contributed by atoms with Crippen molar-refractivity contribution in [1.82, 2.24) is 10.3 Å². The Kier molecular flexibility index (Phi) is 4.93. The van der Waals surface area contributed by atoms with E-state index in [0.717, 1.165) is 16.5 Å². The number of para-hydroxylation sites is 1. The molecule has 1 heterocycles. The van der Waals surface area contributed by atoms with Crippen LogP contribution in [0.3, 0.4) is 0 Å². The minimum absolute atomic E-state index is 0.279. The van der Waals surface area contributed by atoms with Gasteiger partial charge >= 0.3 is 6.09 Å². The number of carboxylic acids is 1. The zero-order chi connectivity index (χ0) is 17.0. The first-order chi connectivity index (χ1) is 10.7. The van der Waals surface area contributed by atoms with Crippen LogP contribution in [0.1, 0.15) is 32.8 Å². The molecule has 0 unspecified atom stereocenters. The van der Waals surface area contributed by atoms with Crippen LogP contribution in [0.15, 0.2) is 30.5 Å². The van der Waals surface area contributed by atoms with Crippen LogP contribution in [0.25, 0.3) is 10.9 Å². The molecule has 0 radical (unpaired) electrons. The van der Waals surface area contributed by atoms with Crippen molar-refractivity contribution < 1.29 is 19.4 Å². The Hall–Kier alpha value is -2.50. The van der Waals surface area contributed by atoms with Gasteiger partial charge in [0.2, 0.25) is 0 Å². The molecule has 0 aliphatic rings. The van der Waals surface area contributed by atoms with E-state index < -0.39 is 23.7 Å². The highest BCUT2D eigenvalue weighted by atomic mass is 16.6. The Labute approximate surface area is 134 Å². The number of hydrogen-bond donors (Lipinski definition) is 2. The lowest BCUT2D eigenvalue weighted by Gasteiger charge is -2.24. The third-order valence-electron chi connectivity index (χ3n) is 3.28. The molecule has 0 aliphatic carbocycles. The Morgan fingerprint density at radius 2 is 2.00 bits per heavy atom. The fourth-order valence-corrected chi connectivity index (χ4v) is 2.42. The first kappa shape index (κ1) is 16.9. The summed E-state index contributed by atoms with van der Waals surface area (Å²) in [7, 11) is 0. The molecule has 2 N–H and O–H groups in total. The van der Waals surface area contributed by atoms with Gasteiger partial charge in [0.25, 0.3) is 0 Å². The number of hydrogen-bond acceptors (Lipinski definition) is 4. The summed E-state index contributed by atoms with van der Waals surface area (Å²) in [6.07, 6.45) is 1.28. The molecular weight excluding hydrogens is 296 g/mol. The molecule has 2 rings (SSSR count). The van der Waals surface area contributed by atoms with Crippen LogP contribution < -0.4 is 10.4 Å². The minimum Gasteiger partial charge on any atom is -0.550 e. The molecule has 0 bridgehead atoms. The molecule has 0 saturated heterocycles. The number of carboxylic acid groups (broad SMARTS) is 1. The van der Waals surface area contributed by atoms with E-state index in [4.69, 9.17) is 4.74 Å². The molecular formula is C17H21N2O4-. The highest BCUT2D eigenvalue weighted by Crippen LogP contribution is 2.20. The number of aromatic amines is 1. The number of nitrogens with one attached hydrogen (secondary N) is 2. The van der Waals surface area contributed by atoms with Gasteiger partial charge in [0.1, 0.15) is 5.60 Å². The van der Waals surface area contributed by atoms with Crippen molar-refractivity contribution in [1.29, 1.82) is 0 Å². The summed E-state index contributed by atoms with van der Waals surface area (Å²) in [4.78, 5) is 26.0. The lowest BCUT2D eigenvalue weighted by atomic mass is 10.0. The Morgan fingerprint density at radius 3 is 2.65 bits per heavy atom. The number of amides is 1. The highest BCUT2D eigenvalue weighted by Gasteiger charge is 2.20. The number of H-pyrrole nitrogens is 1. The first-order valence-corrected chi connectivity index (χ1v) is 7.49. The van der Waals surface area contributed by atoms with E-state index in [1.165, 1.54) is 0 Å². The van der Waals surface area contributed by atoms with Crippen molar-refractivity contribution in [3.63, 3.8) is 0 Å². The van der Waals surface area contributed by atoms with Gasteiger partial charge in [-0.1, -0.05) is 18.2 Å². The van der Waals surface area contributed by atoms with Crippen LogP contribution in [0, 0.1) is 0 Å². The number of aromatic nitrogens is 1. The molecule has 0 spiro atoms. The van der Waals surface area contributed by atoms with E-state index >= 15 is 0 Å². The smallest absolute Gasteiger partial charge is 0.407 e. The van der Waals surface area contributed by atoms with Crippen LogP contribution in [-0.4, -0.2) is 28.7 Å². The number of benzene rings is 1. The number of carbonyl (C=O) groups is 2. The number of alkyl carbamates (subject to hydrolysis) is 1. The maximum Gasteiger partial charge on any atom is 0.407 e. The summed E-state index contributed by atoms with van der Waals surface area (Å²) in [6.45, 7) is 5.25. The summed E-state index contributed by atoms with van der Waals surface area (Å²) in [5.74, 6) is -1.22. The Balaban J connectivity index is 2.12. The van der Waals surface area contributed by atoms with Gasteiger partial charge < -0.3 is 24.9 Å². The first-order valence-electron chi connectivity index (χ1n) is 7.49. The number of aliphatic carboxylic acids is 1. The lowest BCUT2D eigenvalue weighted by molar-refractivity contribution is -0.306. The van der Waals surface area contributed by atoms with Gasteiger partial charge in [-0.05, 0) is 38.8 Å². The van der Waals surface area contributed by atoms with Gasteiger partial charge in [-0.25, -0.2) is 4.79 Å². The predicted molar refractivity (Wildman–Crippen MR) is 84.8 cm³/mol. The van der Waals surface area contributed by atoms with Crippen molar-refractivity contribution >= 4 is 23.0 Å². The maximum atomic E-state index is 11.9. The standard InChI is InChI=1S/C17H22N2O4/c1-17(2,3)23-16(22)19-12(9-15(20)21)8-11-10-18-14-7-5-4-6-13(11)14/h4-7,10,12,18H,8-9H2,1-3H3,(H,19,22)(H,20,21)/p-1/t12-/m1/s1. The highest BCUT2D eigenvalue weighted by molar-refractivity contribution is 5.83. The third kappa shape index (κ3) is 5.02. The quantitative estimate of drug-likeness (QED) is 0.878. The van der Waals surface area contributed by atoms with Crippen molar-refractivity contribution in [2.24, 2.45) is 0 Å². The van der Waals surface area contributed by atoms with E-state index in [2.05, 4.69) is 10.3 Å². The van der Waals surface area contributed by atoms with Crippen molar-refractivity contribution in [2.75, 3.05) is 0 Å². The van der Waals surface area contributed by atoms with E-state index in [9.17, 15) is 14.7 Å². The molecule has 1 atom stereocenters. The SMILES string of the molecule is CC(C)(C)OC(=O)N[C@@H](CC(=O)[O-])Cc1c[nH]c2ccccc12. The van der Waals surface area contributed by atoms with E-state index in [-0.39, 0.29) is 6.42 Å². The molecule has 0 aliphatic heterocycles. The second-order valence-electron chi connectivity index (χ2n) is 6.48. The van der Waals surface area contributed by atoms with E-state index in [1.54, 1.807) is 20.8 Å². The van der Waals surface area contributed by atoms with Crippen LogP contribution in [0.5, 0.6) is 0 Å². The van der Waals surface area contributed by atoms with Crippen LogP contribution in [-0.2, 0) is 16.0 Å². The largest absolute Gasteiger partial charge is 0.550 e. The molecule has 6 nitrogen and oxygen atoms in total. The number of carbonyl (C=O) groups excluding carboxylic acids is 2. The van der Waals surface area contributed by atoms with Gasteiger partial charge in [0, 0.05) is 35.5 Å². The number of ether oxygens (including phenoxy) is 1. The normalized spacial score (nSPS) is 12.8. The molecule has 23 heavy (non-hydrogen) atoms. The van der Waals surface area contributed by atoms with Gasteiger partial charge in [-0.3, -0.25) is 0 Å². The van der Waals surface area contributed by atoms with Gasteiger partial charge in [-0.15, -0.1) is 0 Å². The molecule has 124 valence electrons. The summed E-state index contributed by atoms with van der Waals surface area (Å²) < 4.78 is 5.19. The molecule has 6 heteroatoms. The molecule has 1 aromatic carbocycles. The summed E-state index contributed by atoms with van der Waals surface area (Å²) in [6, 6.07) is 7.11. The molecule has 0 fully saturated rings. The lowest BCUT2D eigenvalue weighted by Crippen LogP contribution is -2.43. The van der Waals surface area contributed by atoms with Crippen molar-refractivity contribution in [3.8, 4) is 0 Å². The Bertz CT molecular complexity index is 700. The average molecular weight is 317 g/mol. The fourth-order valence-electron chi connectivity index (χ4n) is 2.42. The molecule has 2 aromatic rings. The third-order valence-corrected chi connectivity index (χ3v) is 3.28. The fraction of sp³-hybridized carbons (Fsp3) is 0.412. The zero-order valence-corrected chi connectivity index (χ0v) is 13.5. The van der Waals surface area contributed by atoms with Gasteiger partial charge in [0.05, 0.1) is 0 Å². The summed E-state index contributed by atoms with van der Waals surface area (Å²) in [5.41, 5.74) is 1.26. The average Bonchev–Trinajstić information content (AvgIpc) is 2.79. The summed E-state index contributed by atoms with van der Waals surface area (Å²) in [5, 5.41) is 14.6. The van der Waals surface area contributed by atoms with Crippen molar-refractivity contribution in [3.05, 3.63) is 36.0 Å². The van der Waals surface area contributed by atoms with E-state index in [0.29, 0.717) is 6.42 Å². The van der Waals surface area contributed by atoms with Crippen LogP contribution in [0.2, 0.25) is 0 Å². The second kappa shape index (κ2) is 6.73. The minimum atomic E-state index is -1.22.